The molecule has 10 rings (SSSR count). The van der Waals surface area contributed by atoms with Crippen molar-refractivity contribution in [3.05, 3.63) is 118 Å². The molecule has 62 heavy (non-hydrogen) atoms. The molecule has 0 radical (unpaired) electrons. The molecule has 1 aromatic heterocycles. The van der Waals surface area contributed by atoms with Crippen LogP contribution in [-0.4, -0.2) is 32.3 Å². The zero-order valence-corrected chi connectivity index (χ0v) is 37.7. The van der Waals surface area contributed by atoms with E-state index in [4.69, 9.17) is 22.4 Å². The van der Waals surface area contributed by atoms with E-state index in [1.807, 2.05) is 36.4 Å². The molecule has 1 saturated carbocycles. The van der Waals surface area contributed by atoms with Gasteiger partial charge in [-0.25, -0.2) is 9.59 Å². The lowest BCUT2D eigenvalue weighted by Gasteiger charge is -2.35. The summed E-state index contributed by atoms with van der Waals surface area (Å²) in [6, 6.07) is 28.8. The average molecular weight is 843 g/mol. The third-order valence-corrected chi connectivity index (χ3v) is 15.0. The first-order valence-electron chi connectivity index (χ1n) is 21.7. The van der Waals surface area contributed by atoms with Crippen LogP contribution in [0.3, 0.4) is 0 Å². The fourth-order valence-corrected chi connectivity index (χ4v) is 12.2. The van der Waals surface area contributed by atoms with Crippen molar-refractivity contribution in [1.82, 2.24) is 0 Å². The smallest absolute Gasteiger partial charge is 0.387 e. The second kappa shape index (κ2) is 15.2. The lowest BCUT2D eigenvalue weighted by atomic mass is 9.75. The highest BCUT2D eigenvalue weighted by Crippen LogP contribution is 2.52. The van der Waals surface area contributed by atoms with Gasteiger partial charge in [-0.1, -0.05) is 100.0 Å². The minimum absolute atomic E-state index is 0.0770. The molecule has 1 fully saturated rings. The van der Waals surface area contributed by atoms with E-state index in [0.717, 1.165) is 117 Å². The summed E-state index contributed by atoms with van der Waals surface area (Å²) in [7, 11) is 0.801. The normalized spacial score (nSPS) is 17.1. The molecule has 9 aromatic rings. The van der Waals surface area contributed by atoms with Gasteiger partial charge in [0.05, 0.1) is 31.5 Å². The van der Waals surface area contributed by atoms with Crippen LogP contribution in [0.5, 0.6) is 0 Å². The van der Waals surface area contributed by atoms with Gasteiger partial charge in [0.25, 0.3) is 0 Å². The SMILES string of the molecule is COC(=O)c1cc2c(c3c(C)cccc13)c1c(C)cccc1c1op(O[C@@H]3C[C@H](C)CC[C@H]3C(C)C)oc3c4cccc(C)c4c4c(cc(C(=O)OC)c5cccc(C)c54)c3c21. The number of esters is 2. The van der Waals surface area contributed by atoms with Gasteiger partial charge < -0.3 is 17.9 Å². The van der Waals surface area contributed by atoms with Crippen LogP contribution in [0.4, 0.5) is 0 Å². The highest BCUT2D eigenvalue weighted by molar-refractivity contribution is 7.31. The maximum Gasteiger partial charge on any atom is 0.387 e. The Morgan fingerprint density at radius 1 is 0.565 bits per heavy atom. The zero-order chi connectivity index (χ0) is 43.3. The van der Waals surface area contributed by atoms with Crippen molar-refractivity contribution in [2.24, 2.45) is 17.8 Å². The number of ether oxygens (including phenoxy) is 2. The van der Waals surface area contributed by atoms with Crippen LogP contribution < -0.4 is 4.52 Å². The highest BCUT2D eigenvalue weighted by atomic mass is 31.1. The summed E-state index contributed by atoms with van der Waals surface area (Å²) < 4.78 is 33.1. The maximum atomic E-state index is 14.0. The monoisotopic (exact) mass is 842 g/mol. The molecular weight excluding hydrogens is 792 g/mol. The number of rotatable bonds is 5. The first-order chi connectivity index (χ1) is 29.9. The molecule has 3 atom stereocenters. The Morgan fingerprint density at radius 3 is 1.37 bits per heavy atom. The lowest BCUT2D eigenvalue weighted by Crippen LogP contribution is -2.35. The van der Waals surface area contributed by atoms with Gasteiger partial charge >= 0.3 is 20.2 Å². The molecule has 1 heterocycles. The lowest BCUT2D eigenvalue weighted by molar-refractivity contribution is 0.0594. The van der Waals surface area contributed by atoms with E-state index in [1.165, 1.54) is 14.2 Å². The van der Waals surface area contributed by atoms with Crippen LogP contribution in [0.25, 0.3) is 86.6 Å². The van der Waals surface area contributed by atoms with Crippen molar-refractivity contribution in [2.45, 2.75) is 73.8 Å². The molecule has 1 aliphatic rings. The van der Waals surface area contributed by atoms with Gasteiger partial charge in [-0.3, -0.25) is 4.52 Å². The second-order valence-electron chi connectivity index (χ2n) is 18.0. The van der Waals surface area contributed by atoms with Crippen LogP contribution in [0, 0.1) is 45.4 Å². The van der Waals surface area contributed by atoms with Crippen LogP contribution in [-0.2, 0) is 9.47 Å². The van der Waals surface area contributed by atoms with Gasteiger partial charge in [0.2, 0.25) is 0 Å². The van der Waals surface area contributed by atoms with E-state index in [2.05, 4.69) is 97.0 Å². The van der Waals surface area contributed by atoms with E-state index in [9.17, 15) is 9.59 Å². The van der Waals surface area contributed by atoms with E-state index in [-0.39, 0.29) is 6.10 Å². The van der Waals surface area contributed by atoms with Crippen LogP contribution in [0.2, 0.25) is 0 Å². The topological polar surface area (TPSA) is 88.1 Å². The molecule has 8 aromatic carbocycles. The molecule has 1 aliphatic carbocycles. The molecule has 0 bridgehead atoms. The number of carbonyl (C=O) groups excluding carboxylic acids is 2. The number of aryl methyl sites for hydroxylation is 4. The highest BCUT2D eigenvalue weighted by Gasteiger charge is 2.34. The van der Waals surface area contributed by atoms with Gasteiger partial charge in [-0.2, -0.15) is 0 Å². The summed E-state index contributed by atoms with van der Waals surface area (Å²) >= 11 is 0. The summed E-state index contributed by atoms with van der Waals surface area (Å²) in [5.74, 6) is 0.381. The third kappa shape index (κ3) is 6.03. The van der Waals surface area contributed by atoms with Crippen molar-refractivity contribution in [3.8, 4) is 0 Å². The first kappa shape index (κ1) is 40.2. The Kier molecular flexibility index (Phi) is 9.85. The summed E-state index contributed by atoms with van der Waals surface area (Å²) in [5.41, 5.74) is 6.33. The summed E-state index contributed by atoms with van der Waals surface area (Å²) in [5, 5.41) is 12.6. The van der Waals surface area contributed by atoms with E-state index in [0.29, 0.717) is 40.0 Å². The van der Waals surface area contributed by atoms with Crippen molar-refractivity contribution >= 4 is 107 Å². The van der Waals surface area contributed by atoms with Gasteiger partial charge in [0.1, 0.15) is 0 Å². The predicted octanol–water partition coefficient (Wildman–Crippen LogP) is 14.9. The Labute approximate surface area is 361 Å². The minimum atomic E-state index is -2.05. The number of fused-ring (bicyclic) bond motifs is 17. The number of hydrogen-bond acceptors (Lipinski definition) is 7. The molecule has 0 unspecified atom stereocenters. The van der Waals surface area contributed by atoms with Gasteiger partial charge in [-0.15, -0.1) is 0 Å². The molecule has 0 N–H and O–H groups in total. The van der Waals surface area contributed by atoms with Crippen LogP contribution in [0.1, 0.15) is 83.0 Å². The van der Waals surface area contributed by atoms with Crippen molar-refractivity contribution in [2.75, 3.05) is 14.2 Å². The Morgan fingerprint density at radius 2 is 0.968 bits per heavy atom. The van der Waals surface area contributed by atoms with Crippen molar-refractivity contribution in [1.29, 1.82) is 0 Å². The Balaban J connectivity index is 1.58. The predicted molar refractivity (Wildman–Crippen MR) is 255 cm³/mol. The fourth-order valence-electron chi connectivity index (χ4n) is 10.9. The van der Waals surface area contributed by atoms with Crippen LogP contribution in [0.15, 0.2) is 93.3 Å². The zero-order valence-electron chi connectivity index (χ0n) is 36.8. The number of benzene rings is 8. The Bertz CT molecular complexity index is 3220. The van der Waals surface area contributed by atoms with E-state index in [1.54, 1.807) is 0 Å². The molecule has 0 spiro atoms. The number of hydrogen-bond donors (Lipinski definition) is 0. The van der Waals surface area contributed by atoms with Crippen LogP contribution >= 0.6 is 8.24 Å². The minimum Gasteiger partial charge on any atom is -0.465 e. The number of carbonyl (C=O) groups is 2. The van der Waals surface area contributed by atoms with E-state index >= 15 is 0 Å². The van der Waals surface area contributed by atoms with Gasteiger partial charge in [-0.05, 0) is 147 Å². The largest absolute Gasteiger partial charge is 0.465 e. The Hall–Kier alpha value is -5.88. The molecule has 314 valence electrons. The second-order valence-corrected chi connectivity index (χ2v) is 19.0. The van der Waals surface area contributed by atoms with Crippen molar-refractivity contribution in [3.63, 3.8) is 0 Å². The quantitative estimate of drug-likeness (QED) is 0.126. The third-order valence-electron chi connectivity index (χ3n) is 13.8. The average Bonchev–Trinajstić information content (AvgIpc) is 3.43. The van der Waals surface area contributed by atoms with Gasteiger partial charge in [0, 0.05) is 21.5 Å². The molecule has 7 nitrogen and oxygen atoms in total. The molecule has 0 saturated heterocycles. The molecule has 0 aliphatic heterocycles. The fraction of sp³-hybridized carbons (Fsp3) is 0.296. The summed E-state index contributed by atoms with van der Waals surface area (Å²) in [4.78, 5) is 28.0. The summed E-state index contributed by atoms with van der Waals surface area (Å²) in [6.07, 6.45) is 3.06. The first-order valence-corrected chi connectivity index (χ1v) is 22.8. The standard InChI is InChI=1S/C54H51O7P/c1-27(2)33-23-22-28(3)24-42(33)59-62-60-51-36-20-12-16-31(6)45(36)47-40(25-38(53(55)57-8)34-18-10-14-29(4)43(34)47)49(51)50-41-26-39(54(56)58-9)35-19-11-15-30(5)44(35)48(41)46-32(7)17-13-21-37(46)52(50)61-62/h10-21,25-28,33,42H,22-24H2,1-9H3/t28-,33+,42-/m1/s1. The molecule has 8 heteroatoms. The summed E-state index contributed by atoms with van der Waals surface area (Å²) in [6.45, 7) is 15.3. The van der Waals surface area contributed by atoms with Gasteiger partial charge in [0.15, 0.2) is 11.2 Å². The number of methoxy groups -OCH3 is 2. The van der Waals surface area contributed by atoms with Crippen molar-refractivity contribution < 1.29 is 32.0 Å². The molecule has 0 amide bonds. The molecular formula is C54H51O7P. The maximum absolute atomic E-state index is 14.0. The van der Waals surface area contributed by atoms with E-state index < -0.39 is 20.2 Å².